The second-order valence-corrected chi connectivity index (χ2v) is 7.52. The summed E-state index contributed by atoms with van der Waals surface area (Å²) < 4.78 is 4.70. The van der Waals surface area contributed by atoms with E-state index in [0.717, 1.165) is 43.0 Å². The van der Waals surface area contributed by atoms with Gasteiger partial charge in [0.25, 0.3) is 0 Å². The largest absolute Gasteiger partial charge is 0.453 e. The summed E-state index contributed by atoms with van der Waals surface area (Å²) in [6, 6.07) is 17.0. The van der Waals surface area contributed by atoms with Crippen molar-refractivity contribution in [2.45, 2.75) is 19.0 Å². The van der Waals surface area contributed by atoms with E-state index in [0.29, 0.717) is 13.0 Å². The van der Waals surface area contributed by atoms with Crippen molar-refractivity contribution < 1.29 is 14.3 Å². The minimum Gasteiger partial charge on any atom is -0.453 e. The Bertz CT molecular complexity index is 835. The quantitative estimate of drug-likeness (QED) is 0.731. The molecule has 30 heavy (non-hydrogen) atoms. The molecule has 0 aliphatic carbocycles. The molecule has 1 heterocycles. The number of alkyl carbamates (subject to hydrolysis) is 1. The molecule has 2 aromatic carbocycles. The zero-order valence-corrected chi connectivity index (χ0v) is 17.6. The van der Waals surface area contributed by atoms with Gasteiger partial charge in [-0.05, 0) is 24.2 Å². The predicted octanol–water partition coefficient (Wildman–Crippen LogP) is 2.02. The van der Waals surface area contributed by atoms with Crippen molar-refractivity contribution in [2.75, 3.05) is 45.2 Å². The zero-order chi connectivity index (χ0) is 21.3. The first-order valence-electron chi connectivity index (χ1n) is 10.2. The van der Waals surface area contributed by atoms with Crippen LogP contribution in [0, 0.1) is 0 Å². The fraction of sp³-hybridized carbons (Fsp3) is 0.391. The highest BCUT2D eigenvalue weighted by Gasteiger charge is 2.22. The summed E-state index contributed by atoms with van der Waals surface area (Å²) in [5.41, 5.74) is 3.17. The van der Waals surface area contributed by atoms with Gasteiger partial charge in [0.15, 0.2) is 0 Å². The van der Waals surface area contributed by atoms with E-state index in [1.807, 2.05) is 48.5 Å². The first kappa shape index (κ1) is 21.6. The van der Waals surface area contributed by atoms with Crippen molar-refractivity contribution >= 4 is 17.7 Å². The van der Waals surface area contributed by atoms with E-state index in [1.165, 1.54) is 7.11 Å². The van der Waals surface area contributed by atoms with Crippen LogP contribution in [0.25, 0.3) is 0 Å². The van der Waals surface area contributed by atoms with Crippen molar-refractivity contribution in [1.82, 2.24) is 15.5 Å². The first-order valence-corrected chi connectivity index (χ1v) is 10.2. The number of likely N-dealkylation sites (N-methyl/N-ethyl adjacent to an activating group) is 1. The number of methoxy groups -OCH3 is 1. The highest BCUT2D eigenvalue weighted by atomic mass is 16.5. The van der Waals surface area contributed by atoms with Crippen LogP contribution in [0.4, 0.5) is 10.5 Å². The van der Waals surface area contributed by atoms with E-state index < -0.39 is 12.1 Å². The first-order chi connectivity index (χ1) is 14.6. The van der Waals surface area contributed by atoms with Gasteiger partial charge in [0.2, 0.25) is 5.91 Å². The Morgan fingerprint density at radius 3 is 2.37 bits per heavy atom. The van der Waals surface area contributed by atoms with Gasteiger partial charge in [-0.25, -0.2) is 4.79 Å². The van der Waals surface area contributed by atoms with Crippen LogP contribution in [0.5, 0.6) is 0 Å². The van der Waals surface area contributed by atoms with Gasteiger partial charge in [0, 0.05) is 44.8 Å². The lowest BCUT2D eigenvalue weighted by atomic mass is 10.0. The van der Waals surface area contributed by atoms with E-state index in [1.54, 1.807) is 0 Å². The molecule has 3 rings (SSSR count). The molecule has 0 aromatic heterocycles. The fourth-order valence-electron chi connectivity index (χ4n) is 3.58. The summed E-state index contributed by atoms with van der Waals surface area (Å²) in [6.45, 7) is 4.35. The molecule has 2 N–H and O–H groups in total. The number of carbonyl (C=O) groups excluding carboxylic acids is 2. The standard InChI is InChI=1S/C23H30N4O3/c1-26-12-14-27(15-13-26)21-11-7-6-10-19(21)17-24-22(28)20(25-23(29)30-2)16-18-8-4-3-5-9-18/h3-11,20H,12-17H2,1-2H3,(H,24,28)(H,25,29). The molecule has 0 radical (unpaired) electrons. The van der Waals surface area contributed by atoms with Crippen LogP contribution in [0.1, 0.15) is 11.1 Å². The summed E-state index contributed by atoms with van der Waals surface area (Å²) in [4.78, 5) is 29.3. The molecule has 1 aliphatic rings. The Balaban J connectivity index is 1.67. The number of nitrogens with one attached hydrogen (secondary N) is 2. The number of nitrogens with zero attached hydrogens (tertiary/aromatic N) is 2. The molecule has 2 aromatic rings. The Labute approximate surface area is 178 Å². The molecule has 0 spiro atoms. The number of amides is 2. The van der Waals surface area contributed by atoms with Crippen molar-refractivity contribution in [3.63, 3.8) is 0 Å². The van der Waals surface area contributed by atoms with Gasteiger partial charge >= 0.3 is 6.09 Å². The van der Waals surface area contributed by atoms with E-state index in [4.69, 9.17) is 4.74 Å². The monoisotopic (exact) mass is 410 g/mol. The summed E-state index contributed by atoms with van der Waals surface area (Å²) in [5, 5.41) is 5.64. The van der Waals surface area contributed by atoms with Gasteiger partial charge in [-0.2, -0.15) is 0 Å². The maximum absolute atomic E-state index is 12.9. The third kappa shape index (κ3) is 5.97. The number of benzene rings is 2. The SMILES string of the molecule is COC(=O)NC(Cc1ccccc1)C(=O)NCc1ccccc1N1CCN(C)CC1. The molecule has 160 valence electrons. The lowest BCUT2D eigenvalue weighted by molar-refractivity contribution is -0.123. The normalized spacial score (nSPS) is 15.3. The topological polar surface area (TPSA) is 73.9 Å². The summed E-state index contributed by atoms with van der Waals surface area (Å²) in [6.07, 6.45) is -0.231. The Morgan fingerprint density at radius 1 is 1.00 bits per heavy atom. The van der Waals surface area contributed by atoms with Crippen LogP contribution in [0.15, 0.2) is 54.6 Å². The van der Waals surface area contributed by atoms with E-state index in [-0.39, 0.29) is 5.91 Å². The number of carbonyl (C=O) groups is 2. The van der Waals surface area contributed by atoms with E-state index in [9.17, 15) is 9.59 Å². The molecular formula is C23H30N4O3. The van der Waals surface area contributed by atoms with Gasteiger partial charge < -0.3 is 25.2 Å². The minimum absolute atomic E-state index is 0.238. The highest BCUT2D eigenvalue weighted by Crippen LogP contribution is 2.21. The Morgan fingerprint density at radius 2 is 1.67 bits per heavy atom. The van der Waals surface area contributed by atoms with Gasteiger partial charge in [0.05, 0.1) is 7.11 Å². The third-order valence-electron chi connectivity index (χ3n) is 5.37. The summed E-state index contributed by atoms with van der Waals surface area (Å²) in [7, 11) is 3.42. The maximum atomic E-state index is 12.9. The molecule has 7 nitrogen and oxygen atoms in total. The molecule has 1 fully saturated rings. The van der Waals surface area contributed by atoms with E-state index >= 15 is 0 Å². The van der Waals surface area contributed by atoms with Gasteiger partial charge in [-0.15, -0.1) is 0 Å². The fourth-order valence-corrected chi connectivity index (χ4v) is 3.58. The van der Waals surface area contributed by atoms with E-state index in [2.05, 4.69) is 33.5 Å². The maximum Gasteiger partial charge on any atom is 0.407 e. The molecule has 1 saturated heterocycles. The van der Waals surface area contributed by atoms with Crippen LogP contribution >= 0.6 is 0 Å². The summed E-state index contributed by atoms with van der Waals surface area (Å²) >= 11 is 0. The van der Waals surface area contributed by atoms with Crippen LogP contribution in [0.3, 0.4) is 0 Å². The minimum atomic E-state index is -0.712. The lowest BCUT2D eigenvalue weighted by Crippen LogP contribution is -2.48. The van der Waals surface area contributed by atoms with Crippen LogP contribution in [-0.4, -0.2) is 63.3 Å². The molecule has 1 aliphatic heterocycles. The van der Waals surface area contributed by atoms with Crippen molar-refractivity contribution in [2.24, 2.45) is 0 Å². The van der Waals surface area contributed by atoms with Gasteiger partial charge in [0.1, 0.15) is 6.04 Å². The average molecular weight is 411 g/mol. The predicted molar refractivity (Wildman–Crippen MR) is 117 cm³/mol. The third-order valence-corrected chi connectivity index (χ3v) is 5.37. The lowest BCUT2D eigenvalue weighted by Gasteiger charge is -2.35. The summed E-state index contributed by atoms with van der Waals surface area (Å²) in [5.74, 6) is -0.238. The van der Waals surface area contributed by atoms with Crippen LogP contribution < -0.4 is 15.5 Å². The Hall–Kier alpha value is -3.06. The molecule has 0 saturated carbocycles. The van der Waals surface area contributed by atoms with Crippen LogP contribution in [0.2, 0.25) is 0 Å². The van der Waals surface area contributed by atoms with Crippen molar-refractivity contribution in [3.05, 3.63) is 65.7 Å². The smallest absolute Gasteiger partial charge is 0.407 e. The molecule has 2 amide bonds. The van der Waals surface area contributed by atoms with Gasteiger partial charge in [-0.1, -0.05) is 48.5 Å². The second kappa shape index (κ2) is 10.6. The molecule has 0 bridgehead atoms. The molecular weight excluding hydrogens is 380 g/mol. The van der Waals surface area contributed by atoms with Crippen LogP contribution in [-0.2, 0) is 22.5 Å². The number of hydrogen-bond donors (Lipinski definition) is 2. The molecule has 7 heteroatoms. The zero-order valence-electron chi connectivity index (χ0n) is 17.6. The van der Waals surface area contributed by atoms with Crippen molar-refractivity contribution in [1.29, 1.82) is 0 Å². The number of piperazine rings is 1. The number of ether oxygens (including phenoxy) is 1. The van der Waals surface area contributed by atoms with Crippen molar-refractivity contribution in [3.8, 4) is 0 Å². The second-order valence-electron chi connectivity index (χ2n) is 7.52. The average Bonchev–Trinajstić information content (AvgIpc) is 2.78. The number of rotatable bonds is 7. The molecule has 1 atom stereocenters. The number of para-hydroxylation sites is 1. The Kier molecular flexibility index (Phi) is 7.68. The number of hydrogen-bond acceptors (Lipinski definition) is 5. The number of anilines is 1. The molecule has 1 unspecified atom stereocenters. The van der Waals surface area contributed by atoms with Gasteiger partial charge in [-0.3, -0.25) is 4.79 Å². The highest BCUT2D eigenvalue weighted by molar-refractivity contribution is 5.86.